The van der Waals surface area contributed by atoms with Crippen LogP contribution in [-0.2, 0) is 11.8 Å². The molecular weight excluding hydrogens is 246 g/mol. The van der Waals surface area contributed by atoms with Crippen molar-refractivity contribution in [2.75, 3.05) is 38.6 Å². The number of hydrogen-bond donors (Lipinski definition) is 2. The minimum Gasteiger partial charge on any atom is -0.396 e. The molecule has 0 spiro atoms. The second-order valence-electron chi connectivity index (χ2n) is 4.89. The van der Waals surface area contributed by atoms with Crippen molar-refractivity contribution in [2.45, 2.75) is 13.0 Å². The van der Waals surface area contributed by atoms with E-state index in [1.165, 1.54) is 4.68 Å². The third kappa shape index (κ3) is 3.68. The molecule has 1 fully saturated rings. The van der Waals surface area contributed by atoms with E-state index in [2.05, 4.69) is 15.3 Å². The zero-order valence-corrected chi connectivity index (χ0v) is 11.4. The van der Waals surface area contributed by atoms with Gasteiger partial charge in [-0.2, -0.15) is 5.10 Å². The number of ether oxygens (including phenoxy) is 1. The predicted octanol–water partition coefficient (Wildman–Crippen LogP) is -0.547. The summed E-state index contributed by atoms with van der Waals surface area (Å²) in [5.41, 5.74) is 6.42. The summed E-state index contributed by atoms with van der Waals surface area (Å²) >= 11 is 0. The van der Waals surface area contributed by atoms with Gasteiger partial charge in [-0.15, -0.1) is 0 Å². The number of aryl methyl sites for hydroxylation is 1. The highest BCUT2D eigenvalue weighted by Crippen LogP contribution is 2.08. The Morgan fingerprint density at radius 3 is 2.84 bits per heavy atom. The van der Waals surface area contributed by atoms with E-state index in [-0.39, 0.29) is 17.6 Å². The normalized spacial score (nSPS) is 18.2. The molecule has 0 aromatic carbocycles. The SMILES string of the molecule is CC(CN1CCOCC1)NC(=O)c1nn(C)cc1N. The number of nitrogens with two attached hydrogens (primary N) is 1. The first-order valence-corrected chi connectivity index (χ1v) is 6.46. The van der Waals surface area contributed by atoms with E-state index in [1.807, 2.05) is 6.92 Å². The van der Waals surface area contributed by atoms with Crippen molar-refractivity contribution in [3.8, 4) is 0 Å². The first-order chi connectivity index (χ1) is 9.06. The second kappa shape index (κ2) is 6.03. The number of carbonyl (C=O) groups excluding carboxylic acids is 1. The highest BCUT2D eigenvalue weighted by atomic mass is 16.5. The van der Waals surface area contributed by atoms with Crippen LogP contribution in [0.1, 0.15) is 17.4 Å². The molecule has 19 heavy (non-hydrogen) atoms. The third-order valence-corrected chi connectivity index (χ3v) is 3.09. The predicted molar refractivity (Wildman–Crippen MR) is 71.8 cm³/mol. The van der Waals surface area contributed by atoms with Gasteiger partial charge < -0.3 is 15.8 Å². The number of nitrogen functional groups attached to an aromatic ring is 1. The second-order valence-corrected chi connectivity index (χ2v) is 4.89. The zero-order valence-electron chi connectivity index (χ0n) is 11.4. The fraction of sp³-hybridized carbons (Fsp3) is 0.667. The van der Waals surface area contributed by atoms with Crippen molar-refractivity contribution >= 4 is 11.6 Å². The Hall–Kier alpha value is -1.60. The van der Waals surface area contributed by atoms with Crippen LogP contribution in [0, 0.1) is 0 Å². The number of hydrogen-bond acceptors (Lipinski definition) is 5. The summed E-state index contributed by atoms with van der Waals surface area (Å²) < 4.78 is 6.83. The Bertz CT molecular complexity index is 439. The molecule has 1 aliphatic heterocycles. The zero-order chi connectivity index (χ0) is 13.8. The van der Waals surface area contributed by atoms with Crippen LogP contribution in [0.15, 0.2) is 6.20 Å². The summed E-state index contributed by atoms with van der Waals surface area (Å²) in [6, 6.07) is 0.0482. The third-order valence-electron chi connectivity index (χ3n) is 3.09. The topological polar surface area (TPSA) is 85.4 Å². The molecule has 2 heterocycles. The lowest BCUT2D eigenvalue weighted by Crippen LogP contribution is -2.46. The number of aromatic nitrogens is 2. The van der Waals surface area contributed by atoms with Gasteiger partial charge in [0.05, 0.1) is 18.9 Å². The van der Waals surface area contributed by atoms with Gasteiger partial charge in [-0.1, -0.05) is 0 Å². The molecule has 1 saturated heterocycles. The summed E-state index contributed by atoms with van der Waals surface area (Å²) in [5.74, 6) is -0.223. The number of anilines is 1. The van der Waals surface area contributed by atoms with Crippen molar-refractivity contribution in [3.63, 3.8) is 0 Å². The Balaban J connectivity index is 1.86. The average molecular weight is 267 g/mol. The van der Waals surface area contributed by atoms with E-state index in [0.717, 1.165) is 32.8 Å². The average Bonchev–Trinajstić information content (AvgIpc) is 2.69. The standard InChI is InChI=1S/C12H21N5O2/c1-9(7-17-3-5-19-6-4-17)14-12(18)11-10(13)8-16(2)15-11/h8-9H,3-7,13H2,1-2H3,(H,14,18). The maximum atomic E-state index is 12.0. The Morgan fingerprint density at radius 2 is 2.26 bits per heavy atom. The number of nitrogens with one attached hydrogen (secondary N) is 1. The van der Waals surface area contributed by atoms with Gasteiger partial charge >= 0.3 is 0 Å². The van der Waals surface area contributed by atoms with Gasteiger partial charge in [0.2, 0.25) is 0 Å². The lowest BCUT2D eigenvalue weighted by Gasteiger charge is -2.29. The first kappa shape index (κ1) is 13.8. The summed E-state index contributed by atoms with van der Waals surface area (Å²) in [4.78, 5) is 14.3. The molecule has 7 nitrogen and oxygen atoms in total. The van der Waals surface area contributed by atoms with Gasteiger partial charge in [0.1, 0.15) is 0 Å². The largest absolute Gasteiger partial charge is 0.396 e. The van der Waals surface area contributed by atoms with Gasteiger partial charge in [-0.25, -0.2) is 0 Å². The summed E-state index contributed by atoms with van der Waals surface area (Å²) in [6.07, 6.45) is 1.63. The molecule has 1 amide bonds. The van der Waals surface area contributed by atoms with Crippen molar-refractivity contribution in [1.29, 1.82) is 0 Å². The molecule has 1 aromatic rings. The molecule has 1 aliphatic rings. The van der Waals surface area contributed by atoms with E-state index >= 15 is 0 Å². The van der Waals surface area contributed by atoms with E-state index in [4.69, 9.17) is 10.5 Å². The maximum absolute atomic E-state index is 12.0. The van der Waals surface area contributed by atoms with E-state index in [0.29, 0.717) is 5.69 Å². The fourth-order valence-corrected chi connectivity index (χ4v) is 2.19. The summed E-state index contributed by atoms with van der Waals surface area (Å²) in [5, 5.41) is 6.98. The number of nitrogens with zero attached hydrogens (tertiary/aromatic N) is 3. The molecule has 0 aliphatic carbocycles. The maximum Gasteiger partial charge on any atom is 0.274 e. The lowest BCUT2D eigenvalue weighted by atomic mass is 10.2. The van der Waals surface area contributed by atoms with Crippen LogP contribution in [0.25, 0.3) is 0 Å². The molecule has 0 bridgehead atoms. The molecule has 106 valence electrons. The minimum absolute atomic E-state index is 0.0482. The van der Waals surface area contributed by atoms with Crippen molar-refractivity contribution < 1.29 is 9.53 Å². The summed E-state index contributed by atoms with van der Waals surface area (Å²) in [7, 11) is 1.74. The molecular formula is C12H21N5O2. The van der Waals surface area contributed by atoms with E-state index in [9.17, 15) is 4.79 Å². The minimum atomic E-state index is -0.223. The molecule has 0 saturated carbocycles. The van der Waals surface area contributed by atoms with E-state index in [1.54, 1.807) is 13.2 Å². The van der Waals surface area contributed by atoms with Gasteiger partial charge in [-0.3, -0.25) is 14.4 Å². The first-order valence-electron chi connectivity index (χ1n) is 6.46. The molecule has 1 unspecified atom stereocenters. The van der Waals surface area contributed by atoms with Crippen LogP contribution in [0.4, 0.5) is 5.69 Å². The van der Waals surface area contributed by atoms with Crippen LogP contribution in [0.2, 0.25) is 0 Å². The number of rotatable bonds is 4. The lowest BCUT2D eigenvalue weighted by molar-refractivity contribution is 0.0342. The molecule has 3 N–H and O–H groups in total. The Kier molecular flexibility index (Phi) is 4.39. The number of amides is 1. The van der Waals surface area contributed by atoms with Crippen molar-refractivity contribution in [1.82, 2.24) is 20.0 Å². The number of morpholine rings is 1. The highest BCUT2D eigenvalue weighted by Gasteiger charge is 2.18. The fourth-order valence-electron chi connectivity index (χ4n) is 2.19. The molecule has 7 heteroatoms. The van der Waals surface area contributed by atoms with Crippen LogP contribution < -0.4 is 11.1 Å². The van der Waals surface area contributed by atoms with Crippen LogP contribution in [0.3, 0.4) is 0 Å². The molecule has 1 atom stereocenters. The van der Waals surface area contributed by atoms with Crippen LogP contribution in [0.5, 0.6) is 0 Å². The van der Waals surface area contributed by atoms with Crippen molar-refractivity contribution in [3.05, 3.63) is 11.9 Å². The Labute approximate surface area is 112 Å². The van der Waals surface area contributed by atoms with Gasteiger partial charge in [0.15, 0.2) is 5.69 Å². The van der Waals surface area contributed by atoms with Gasteiger partial charge in [-0.05, 0) is 6.92 Å². The highest BCUT2D eigenvalue weighted by molar-refractivity contribution is 5.97. The molecule has 0 radical (unpaired) electrons. The van der Waals surface area contributed by atoms with Crippen LogP contribution >= 0.6 is 0 Å². The van der Waals surface area contributed by atoms with Gasteiger partial charge in [0, 0.05) is 38.9 Å². The molecule has 2 rings (SSSR count). The smallest absolute Gasteiger partial charge is 0.274 e. The summed E-state index contributed by atoms with van der Waals surface area (Å²) in [6.45, 7) is 6.12. The van der Waals surface area contributed by atoms with Crippen molar-refractivity contribution in [2.24, 2.45) is 7.05 Å². The van der Waals surface area contributed by atoms with Gasteiger partial charge in [0.25, 0.3) is 5.91 Å². The Morgan fingerprint density at radius 1 is 1.58 bits per heavy atom. The molecule has 1 aromatic heterocycles. The van der Waals surface area contributed by atoms with Crippen LogP contribution in [-0.4, -0.2) is 59.5 Å². The van der Waals surface area contributed by atoms with E-state index < -0.39 is 0 Å². The number of carbonyl (C=O) groups is 1. The monoisotopic (exact) mass is 267 g/mol. The quantitative estimate of drug-likeness (QED) is 0.765.